The first kappa shape index (κ1) is 19.5. The Bertz CT molecular complexity index is 1200. The van der Waals surface area contributed by atoms with E-state index in [0.717, 1.165) is 11.3 Å². The van der Waals surface area contributed by atoms with E-state index in [1.165, 1.54) is 6.26 Å². The lowest BCUT2D eigenvalue weighted by molar-refractivity contribution is -0.134. The Kier molecular flexibility index (Phi) is 5.90. The molecule has 5 heteroatoms. The molecule has 0 bridgehead atoms. The van der Waals surface area contributed by atoms with Crippen LogP contribution in [0, 0.1) is 0 Å². The van der Waals surface area contributed by atoms with Gasteiger partial charge in [-0.1, -0.05) is 48.5 Å². The Hall–Kier alpha value is -3.86. The van der Waals surface area contributed by atoms with E-state index in [2.05, 4.69) is 0 Å². The number of carbonyl (C=O) groups is 1. The van der Waals surface area contributed by atoms with Gasteiger partial charge in [0.1, 0.15) is 23.3 Å². The fourth-order valence-electron chi connectivity index (χ4n) is 3.09. The molecule has 0 atom stereocenters. The summed E-state index contributed by atoms with van der Waals surface area (Å²) in [6.45, 7) is 0.425. The zero-order valence-electron chi connectivity index (χ0n) is 16.2. The zero-order chi connectivity index (χ0) is 20.8. The fraction of sp³-hybridized carbons (Fsp3) is 0.120. The topological polar surface area (TPSA) is 65.7 Å². The van der Waals surface area contributed by atoms with Crippen molar-refractivity contribution in [1.82, 2.24) is 0 Å². The van der Waals surface area contributed by atoms with Crippen LogP contribution >= 0.6 is 0 Å². The number of carbonyl (C=O) groups excluding carboxylic acids is 1. The van der Waals surface area contributed by atoms with Gasteiger partial charge in [-0.25, -0.2) is 0 Å². The second kappa shape index (κ2) is 9.09. The number of ether oxygens (including phenoxy) is 2. The number of benzene rings is 3. The number of para-hydroxylation sites is 1. The molecule has 0 saturated heterocycles. The van der Waals surface area contributed by atoms with Crippen LogP contribution in [0.2, 0.25) is 0 Å². The van der Waals surface area contributed by atoms with E-state index < -0.39 is 0 Å². The van der Waals surface area contributed by atoms with Crippen molar-refractivity contribution >= 4 is 16.9 Å². The molecule has 0 aliphatic heterocycles. The quantitative estimate of drug-likeness (QED) is 0.242. The standard InChI is InChI=1S/C25H20O5/c26-24(12-7-15-28-19-10-5-2-6-11-19)30-20-13-14-21-23(16-20)29-17-22(25(21)27)18-8-3-1-4-9-18/h1-6,8-11,13-14,16-17H,7,12,15H2. The second-order valence-corrected chi connectivity index (χ2v) is 6.74. The number of esters is 1. The Morgan fingerprint density at radius 2 is 1.60 bits per heavy atom. The third-order valence-electron chi connectivity index (χ3n) is 4.60. The molecule has 0 N–H and O–H groups in total. The molecular formula is C25H20O5. The minimum Gasteiger partial charge on any atom is -0.494 e. The number of fused-ring (bicyclic) bond motifs is 1. The fourth-order valence-corrected chi connectivity index (χ4v) is 3.09. The molecule has 5 nitrogen and oxygen atoms in total. The predicted molar refractivity (Wildman–Crippen MR) is 115 cm³/mol. The molecule has 0 aliphatic carbocycles. The molecule has 0 saturated carbocycles. The highest BCUT2D eigenvalue weighted by molar-refractivity contribution is 5.83. The summed E-state index contributed by atoms with van der Waals surface area (Å²) in [4.78, 5) is 24.9. The van der Waals surface area contributed by atoms with Crippen molar-refractivity contribution in [3.8, 4) is 22.6 Å². The molecule has 1 aromatic heterocycles. The van der Waals surface area contributed by atoms with Crippen molar-refractivity contribution in [2.45, 2.75) is 12.8 Å². The van der Waals surface area contributed by atoms with E-state index in [1.807, 2.05) is 60.7 Å². The van der Waals surface area contributed by atoms with Crippen LogP contribution in [-0.4, -0.2) is 12.6 Å². The van der Waals surface area contributed by atoms with Crippen LogP contribution in [-0.2, 0) is 4.79 Å². The van der Waals surface area contributed by atoms with E-state index in [1.54, 1.807) is 18.2 Å². The number of hydrogen-bond acceptors (Lipinski definition) is 5. The first-order chi connectivity index (χ1) is 14.7. The summed E-state index contributed by atoms with van der Waals surface area (Å²) in [7, 11) is 0. The maximum Gasteiger partial charge on any atom is 0.311 e. The van der Waals surface area contributed by atoms with Crippen molar-refractivity contribution < 1.29 is 18.7 Å². The molecule has 150 valence electrons. The van der Waals surface area contributed by atoms with Gasteiger partial charge in [0.05, 0.1) is 17.6 Å². The van der Waals surface area contributed by atoms with Gasteiger partial charge in [0.15, 0.2) is 5.43 Å². The highest BCUT2D eigenvalue weighted by Gasteiger charge is 2.11. The summed E-state index contributed by atoms with van der Waals surface area (Å²) in [5.41, 5.74) is 1.53. The zero-order valence-corrected chi connectivity index (χ0v) is 16.2. The van der Waals surface area contributed by atoms with Gasteiger partial charge in [-0.3, -0.25) is 9.59 Å². The molecule has 0 aliphatic rings. The summed E-state index contributed by atoms with van der Waals surface area (Å²) in [6.07, 6.45) is 2.20. The van der Waals surface area contributed by atoms with Crippen LogP contribution in [0.5, 0.6) is 11.5 Å². The molecular weight excluding hydrogens is 380 g/mol. The molecule has 0 amide bonds. The van der Waals surface area contributed by atoms with Crippen molar-refractivity contribution in [2.75, 3.05) is 6.61 Å². The summed E-state index contributed by atoms with van der Waals surface area (Å²) in [6, 6.07) is 23.6. The van der Waals surface area contributed by atoms with Crippen LogP contribution in [0.25, 0.3) is 22.1 Å². The molecule has 0 unspecified atom stereocenters. The molecule has 0 fully saturated rings. The monoisotopic (exact) mass is 400 g/mol. The third kappa shape index (κ3) is 4.58. The van der Waals surface area contributed by atoms with Gasteiger partial charge in [0.25, 0.3) is 0 Å². The molecule has 0 radical (unpaired) electrons. The van der Waals surface area contributed by atoms with Gasteiger partial charge in [-0.05, 0) is 36.2 Å². The van der Waals surface area contributed by atoms with Crippen LogP contribution < -0.4 is 14.9 Å². The summed E-state index contributed by atoms with van der Waals surface area (Å²) in [5, 5.41) is 0.437. The van der Waals surface area contributed by atoms with Crippen LogP contribution in [0.15, 0.2) is 94.3 Å². The van der Waals surface area contributed by atoms with E-state index in [-0.39, 0.29) is 17.8 Å². The smallest absolute Gasteiger partial charge is 0.311 e. The lowest BCUT2D eigenvalue weighted by atomic mass is 10.1. The largest absolute Gasteiger partial charge is 0.494 e. The molecule has 4 aromatic rings. The molecule has 0 spiro atoms. The van der Waals surface area contributed by atoms with Gasteiger partial charge in [0.2, 0.25) is 0 Å². The summed E-state index contributed by atoms with van der Waals surface area (Å²) >= 11 is 0. The van der Waals surface area contributed by atoms with E-state index in [4.69, 9.17) is 13.9 Å². The van der Waals surface area contributed by atoms with E-state index in [0.29, 0.717) is 35.3 Å². The molecule has 30 heavy (non-hydrogen) atoms. The van der Waals surface area contributed by atoms with Crippen molar-refractivity contribution in [2.24, 2.45) is 0 Å². The lowest BCUT2D eigenvalue weighted by Gasteiger charge is -2.07. The average molecular weight is 400 g/mol. The van der Waals surface area contributed by atoms with Crippen molar-refractivity contribution in [3.05, 3.63) is 95.3 Å². The van der Waals surface area contributed by atoms with Gasteiger partial charge in [0, 0.05) is 12.5 Å². The maximum atomic E-state index is 12.8. The lowest BCUT2D eigenvalue weighted by Crippen LogP contribution is -2.10. The first-order valence-corrected chi connectivity index (χ1v) is 9.70. The second-order valence-electron chi connectivity index (χ2n) is 6.74. The minimum absolute atomic E-state index is 0.126. The van der Waals surface area contributed by atoms with Crippen molar-refractivity contribution in [1.29, 1.82) is 0 Å². The third-order valence-corrected chi connectivity index (χ3v) is 4.60. The highest BCUT2D eigenvalue weighted by Crippen LogP contribution is 2.23. The average Bonchev–Trinajstić information content (AvgIpc) is 2.78. The van der Waals surface area contributed by atoms with Crippen LogP contribution in [0.4, 0.5) is 0 Å². The van der Waals surface area contributed by atoms with E-state index in [9.17, 15) is 9.59 Å². The molecule has 1 heterocycles. The Morgan fingerprint density at radius 1 is 0.867 bits per heavy atom. The number of rotatable bonds is 7. The molecule has 4 rings (SSSR count). The highest BCUT2D eigenvalue weighted by atomic mass is 16.5. The van der Waals surface area contributed by atoms with Gasteiger partial charge >= 0.3 is 5.97 Å². The Morgan fingerprint density at radius 3 is 2.37 bits per heavy atom. The van der Waals surface area contributed by atoms with Gasteiger partial charge in [-0.15, -0.1) is 0 Å². The van der Waals surface area contributed by atoms with Crippen LogP contribution in [0.3, 0.4) is 0 Å². The normalized spacial score (nSPS) is 10.7. The van der Waals surface area contributed by atoms with Gasteiger partial charge < -0.3 is 13.9 Å². The SMILES string of the molecule is O=C(CCCOc1ccccc1)Oc1ccc2c(=O)c(-c3ccccc3)coc2c1. The van der Waals surface area contributed by atoms with Crippen LogP contribution in [0.1, 0.15) is 12.8 Å². The Labute approximate surface area is 173 Å². The predicted octanol–water partition coefficient (Wildman–Crippen LogP) is 5.22. The maximum absolute atomic E-state index is 12.8. The summed E-state index contributed by atoms with van der Waals surface area (Å²) in [5.74, 6) is 0.742. The molecule has 3 aromatic carbocycles. The van der Waals surface area contributed by atoms with Crippen molar-refractivity contribution in [3.63, 3.8) is 0 Å². The number of hydrogen-bond donors (Lipinski definition) is 0. The minimum atomic E-state index is -0.366. The van der Waals surface area contributed by atoms with E-state index >= 15 is 0 Å². The Balaban J connectivity index is 1.39. The summed E-state index contributed by atoms with van der Waals surface area (Å²) < 4.78 is 16.6. The van der Waals surface area contributed by atoms with Gasteiger partial charge in [-0.2, -0.15) is 0 Å². The first-order valence-electron chi connectivity index (χ1n) is 9.70.